The molecular weight excluding hydrogens is 280 g/mol. The first-order chi connectivity index (χ1) is 8.34. The smallest absolute Gasteiger partial charge is 0.146 e. The maximum atomic E-state index is 4.42. The van der Waals surface area contributed by atoms with Crippen LogP contribution in [0.25, 0.3) is 0 Å². The zero-order valence-corrected chi connectivity index (χ0v) is 11.4. The van der Waals surface area contributed by atoms with Crippen molar-refractivity contribution in [2.45, 2.75) is 37.8 Å². The van der Waals surface area contributed by atoms with Gasteiger partial charge in [-0.3, -0.25) is 0 Å². The van der Waals surface area contributed by atoms with Crippen LogP contribution in [0, 0.1) is 0 Å². The van der Waals surface area contributed by atoms with Crippen molar-refractivity contribution in [1.29, 1.82) is 0 Å². The molecule has 1 saturated carbocycles. The summed E-state index contributed by atoms with van der Waals surface area (Å²) in [7, 11) is 0. The van der Waals surface area contributed by atoms with Gasteiger partial charge in [0, 0.05) is 24.8 Å². The monoisotopic (exact) mass is 296 g/mol. The molecule has 1 saturated heterocycles. The average molecular weight is 297 g/mol. The quantitative estimate of drug-likeness (QED) is 0.922. The summed E-state index contributed by atoms with van der Waals surface area (Å²) in [6.45, 7) is 2.23. The fourth-order valence-corrected chi connectivity index (χ4v) is 2.91. The second-order valence-corrected chi connectivity index (χ2v) is 5.73. The summed E-state index contributed by atoms with van der Waals surface area (Å²) in [6.07, 6.45) is 8.64. The van der Waals surface area contributed by atoms with Gasteiger partial charge in [-0.05, 0) is 48.2 Å². The lowest BCUT2D eigenvalue weighted by Crippen LogP contribution is -2.39. The number of anilines is 1. The SMILES string of the molecule is Brc1cncnc1N(CC1CCCN1)C1CC1. The molecule has 4 nitrogen and oxygen atoms in total. The minimum absolute atomic E-state index is 0.623. The number of rotatable bonds is 4. The first-order valence-corrected chi connectivity index (χ1v) is 7.09. The Labute approximate surface area is 110 Å². The molecule has 0 spiro atoms. The first kappa shape index (κ1) is 11.4. The summed E-state index contributed by atoms with van der Waals surface area (Å²) in [5, 5.41) is 3.56. The molecule has 1 N–H and O–H groups in total. The molecule has 0 amide bonds. The molecule has 3 rings (SSSR count). The molecule has 17 heavy (non-hydrogen) atoms. The summed E-state index contributed by atoms with van der Waals surface area (Å²) in [5.41, 5.74) is 0. The molecule has 0 bridgehead atoms. The van der Waals surface area contributed by atoms with Crippen molar-refractivity contribution >= 4 is 21.7 Å². The number of hydrogen-bond acceptors (Lipinski definition) is 4. The van der Waals surface area contributed by atoms with Crippen molar-refractivity contribution in [3.8, 4) is 0 Å². The van der Waals surface area contributed by atoms with Crippen LogP contribution in [0.1, 0.15) is 25.7 Å². The molecule has 1 aromatic heterocycles. The zero-order chi connectivity index (χ0) is 11.7. The number of aromatic nitrogens is 2. The molecule has 5 heteroatoms. The van der Waals surface area contributed by atoms with E-state index in [-0.39, 0.29) is 0 Å². The third kappa shape index (κ3) is 2.60. The van der Waals surface area contributed by atoms with Crippen LogP contribution in [-0.4, -0.2) is 35.1 Å². The minimum atomic E-state index is 0.623. The van der Waals surface area contributed by atoms with E-state index in [9.17, 15) is 0 Å². The minimum Gasteiger partial charge on any atom is -0.351 e. The van der Waals surface area contributed by atoms with Gasteiger partial charge in [0.05, 0.1) is 4.47 Å². The maximum Gasteiger partial charge on any atom is 0.146 e. The lowest BCUT2D eigenvalue weighted by molar-refractivity contribution is 0.574. The fourth-order valence-electron chi connectivity index (χ4n) is 2.46. The van der Waals surface area contributed by atoms with Gasteiger partial charge in [0.15, 0.2) is 0 Å². The summed E-state index contributed by atoms with van der Waals surface area (Å²) >= 11 is 3.56. The van der Waals surface area contributed by atoms with E-state index in [0.717, 1.165) is 23.4 Å². The van der Waals surface area contributed by atoms with Crippen molar-refractivity contribution < 1.29 is 0 Å². The lowest BCUT2D eigenvalue weighted by atomic mass is 10.2. The summed E-state index contributed by atoms with van der Waals surface area (Å²) in [6, 6.07) is 1.31. The summed E-state index contributed by atoms with van der Waals surface area (Å²) < 4.78 is 1.00. The molecule has 2 heterocycles. The largest absolute Gasteiger partial charge is 0.351 e. The molecular formula is C12H17BrN4. The Kier molecular flexibility index (Phi) is 3.29. The normalized spacial score (nSPS) is 23.9. The highest BCUT2D eigenvalue weighted by Gasteiger charge is 2.33. The highest BCUT2D eigenvalue weighted by molar-refractivity contribution is 9.10. The van der Waals surface area contributed by atoms with Crippen LogP contribution in [0.15, 0.2) is 17.0 Å². The van der Waals surface area contributed by atoms with E-state index in [1.165, 1.54) is 25.7 Å². The van der Waals surface area contributed by atoms with Crippen LogP contribution >= 0.6 is 15.9 Å². The molecule has 1 aliphatic carbocycles. The van der Waals surface area contributed by atoms with Crippen LogP contribution in [0.2, 0.25) is 0 Å². The highest BCUT2D eigenvalue weighted by atomic mass is 79.9. The summed E-state index contributed by atoms with van der Waals surface area (Å²) in [4.78, 5) is 10.9. The Hall–Kier alpha value is -0.680. The van der Waals surface area contributed by atoms with Crippen LogP contribution < -0.4 is 10.2 Å². The van der Waals surface area contributed by atoms with Crippen LogP contribution in [0.5, 0.6) is 0 Å². The van der Waals surface area contributed by atoms with Gasteiger partial charge in [-0.25, -0.2) is 9.97 Å². The van der Waals surface area contributed by atoms with Gasteiger partial charge in [-0.2, -0.15) is 0 Å². The van der Waals surface area contributed by atoms with Gasteiger partial charge < -0.3 is 10.2 Å². The Bertz CT molecular complexity index is 388. The number of hydrogen-bond donors (Lipinski definition) is 1. The molecule has 2 fully saturated rings. The van der Waals surface area contributed by atoms with Gasteiger partial charge in [-0.1, -0.05) is 0 Å². The van der Waals surface area contributed by atoms with Crippen molar-refractivity contribution in [3.05, 3.63) is 17.0 Å². The first-order valence-electron chi connectivity index (χ1n) is 6.30. The van der Waals surface area contributed by atoms with Crippen molar-refractivity contribution in [2.24, 2.45) is 0 Å². The van der Waals surface area contributed by atoms with E-state index >= 15 is 0 Å². The van der Waals surface area contributed by atoms with Gasteiger partial charge >= 0.3 is 0 Å². The Balaban J connectivity index is 1.77. The molecule has 1 unspecified atom stereocenters. The molecule has 1 atom stereocenters. The number of nitrogens with zero attached hydrogens (tertiary/aromatic N) is 3. The molecule has 0 radical (unpaired) electrons. The lowest BCUT2D eigenvalue weighted by Gasteiger charge is -2.27. The van der Waals surface area contributed by atoms with Crippen molar-refractivity contribution in [3.63, 3.8) is 0 Å². The van der Waals surface area contributed by atoms with Crippen molar-refractivity contribution in [1.82, 2.24) is 15.3 Å². The van der Waals surface area contributed by atoms with E-state index in [4.69, 9.17) is 0 Å². The predicted octanol–water partition coefficient (Wildman–Crippen LogP) is 1.96. The predicted molar refractivity (Wildman–Crippen MR) is 71.1 cm³/mol. The van der Waals surface area contributed by atoms with Crippen LogP contribution in [0.3, 0.4) is 0 Å². The number of halogens is 1. The highest BCUT2D eigenvalue weighted by Crippen LogP contribution is 2.34. The zero-order valence-electron chi connectivity index (χ0n) is 9.77. The van der Waals surface area contributed by atoms with E-state index in [2.05, 4.69) is 36.1 Å². The molecule has 1 aliphatic heterocycles. The van der Waals surface area contributed by atoms with Gasteiger partial charge in [0.1, 0.15) is 12.1 Å². The summed E-state index contributed by atoms with van der Waals surface area (Å²) in [5.74, 6) is 1.05. The van der Waals surface area contributed by atoms with Crippen LogP contribution in [-0.2, 0) is 0 Å². The van der Waals surface area contributed by atoms with E-state index in [1.807, 2.05) is 6.20 Å². The second-order valence-electron chi connectivity index (χ2n) is 4.87. The number of nitrogens with one attached hydrogen (secondary N) is 1. The standard InChI is InChI=1S/C12H17BrN4/c13-11-6-14-8-16-12(11)17(10-3-4-10)7-9-2-1-5-15-9/h6,8-10,15H,1-5,7H2. The van der Waals surface area contributed by atoms with E-state index < -0.39 is 0 Å². The average Bonchev–Trinajstić information content (AvgIpc) is 3.05. The Morgan fingerprint density at radius 1 is 1.41 bits per heavy atom. The van der Waals surface area contributed by atoms with Gasteiger partial charge in [0.2, 0.25) is 0 Å². The Morgan fingerprint density at radius 2 is 2.29 bits per heavy atom. The maximum absolute atomic E-state index is 4.42. The molecule has 2 aliphatic rings. The van der Waals surface area contributed by atoms with Crippen LogP contribution in [0.4, 0.5) is 5.82 Å². The third-order valence-electron chi connectivity index (χ3n) is 3.49. The topological polar surface area (TPSA) is 41.1 Å². The van der Waals surface area contributed by atoms with Gasteiger partial charge in [-0.15, -0.1) is 0 Å². The van der Waals surface area contributed by atoms with E-state index in [0.29, 0.717) is 12.1 Å². The second kappa shape index (κ2) is 4.90. The molecule has 1 aromatic rings. The Morgan fingerprint density at radius 3 is 2.94 bits per heavy atom. The van der Waals surface area contributed by atoms with Crippen molar-refractivity contribution in [2.75, 3.05) is 18.0 Å². The van der Waals surface area contributed by atoms with Gasteiger partial charge in [0.25, 0.3) is 0 Å². The fraction of sp³-hybridized carbons (Fsp3) is 0.667. The van der Waals surface area contributed by atoms with E-state index in [1.54, 1.807) is 6.33 Å². The molecule has 92 valence electrons. The third-order valence-corrected chi connectivity index (χ3v) is 4.05. The molecule has 0 aromatic carbocycles.